The van der Waals surface area contributed by atoms with Crippen LogP contribution in [0.2, 0.25) is 0 Å². The molecule has 0 aliphatic rings. The molecule has 92 valence electrons. The smallest absolute Gasteiger partial charge is 0.306 e. The molecule has 0 bridgehead atoms. The Hall–Kier alpha value is -1.36. The first-order chi connectivity index (χ1) is 7.34. The van der Waals surface area contributed by atoms with Gasteiger partial charge in [0.15, 0.2) is 0 Å². The molecular weight excluding hydrogens is 208 g/mol. The van der Waals surface area contributed by atoms with Gasteiger partial charge in [0.2, 0.25) is 0 Å². The summed E-state index contributed by atoms with van der Waals surface area (Å²) in [6.45, 7) is 5.10. The van der Waals surface area contributed by atoms with Crippen molar-refractivity contribution >= 4 is 11.8 Å². The number of nitrogens with two attached hydrogens (primary N) is 2. The first kappa shape index (κ1) is 14.6. The number of hydrogen-bond donors (Lipinski definition) is 3. The molecule has 2 atom stereocenters. The van der Waals surface area contributed by atoms with E-state index in [9.17, 15) is 9.59 Å². The number of aliphatic carboxylic acids is 1. The second-order valence-corrected chi connectivity index (χ2v) is 4.03. The van der Waals surface area contributed by atoms with Crippen molar-refractivity contribution in [1.82, 2.24) is 0 Å². The number of allylic oxidation sites excluding steroid dienone is 1. The molecule has 0 fully saturated rings. The number of carbonyl (C=O) groups excluding carboxylic acids is 1. The molecule has 0 radical (unpaired) electrons. The van der Waals surface area contributed by atoms with Crippen LogP contribution in [0.1, 0.15) is 32.6 Å². The van der Waals surface area contributed by atoms with E-state index in [1.165, 1.54) is 0 Å². The third-order valence-electron chi connectivity index (χ3n) is 2.41. The summed E-state index contributed by atoms with van der Waals surface area (Å²) in [4.78, 5) is 22.1. The fraction of sp³-hybridized carbons (Fsp3) is 0.636. The van der Waals surface area contributed by atoms with Crippen molar-refractivity contribution < 1.29 is 14.7 Å². The number of carboxylic acid groups (broad SMARTS) is 1. The number of ketones is 1. The van der Waals surface area contributed by atoms with Gasteiger partial charge in [-0.3, -0.25) is 9.59 Å². The lowest BCUT2D eigenvalue weighted by molar-refractivity contribution is -0.142. The zero-order valence-corrected chi connectivity index (χ0v) is 9.61. The summed E-state index contributed by atoms with van der Waals surface area (Å²) in [5, 5.41) is 8.92. The van der Waals surface area contributed by atoms with Gasteiger partial charge in [0, 0.05) is 12.1 Å². The van der Waals surface area contributed by atoms with Gasteiger partial charge in [-0.2, -0.15) is 0 Å². The van der Waals surface area contributed by atoms with Crippen molar-refractivity contribution in [2.24, 2.45) is 17.4 Å². The second kappa shape index (κ2) is 7.00. The van der Waals surface area contributed by atoms with Crippen LogP contribution in [0, 0.1) is 5.92 Å². The van der Waals surface area contributed by atoms with Crippen LogP contribution >= 0.6 is 0 Å². The zero-order valence-electron chi connectivity index (χ0n) is 9.61. The van der Waals surface area contributed by atoms with Gasteiger partial charge in [-0.15, -0.1) is 0 Å². The van der Waals surface area contributed by atoms with Crippen molar-refractivity contribution in [1.29, 1.82) is 0 Å². The third-order valence-corrected chi connectivity index (χ3v) is 2.41. The fourth-order valence-electron chi connectivity index (χ4n) is 1.30. The molecule has 0 spiro atoms. The van der Waals surface area contributed by atoms with Gasteiger partial charge in [0.05, 0.1) is 12.0 Å². The van der Waals surface area contributed by atoms with Crippen LogP contribution in [-0.2, 0) is 9.59 Å². The minimum atomic E-state index is -0.904. The number of carboxylic acids is 1. The molecule has 0 heterocycles. The minimum absolute atomic E-state index is 0.113. The maximum absolute atomic E-state index is 11.2. The number of hydrogen-bond acceptors (Lipinski definition) is 4. The SMILES string of the molecule is C=C(N)CCC(CCC(=O)C(C)N)C(=O)O. The van der Waals surface area contributed by atoms with E-state index in [0.717, 1.165) is 0 Å². The van der Waals surface area contributed by atoms with Crippen LogP contribution in [0.3, 0.4) is 0 Å². The Balaban J connectivity index is 4.09. The lowest BCUT2D eigenvalue weighted by atomic mass is 9.95. The topological polar surface area (TPSA) is 106 Å². The van der Waals surface area contributed by atoms with Crippen LogP contribution in [0.25, 0.3) is 0 Å². The average molecular weight is 228 g/mol. The lowest BCUT2D eigenvalue weighted by Gasteiger charge is -2.12. The summed E-state index contributed by atoms with van der Waals surface area (Å²) in [5.41, 5.74) is 11.2. The standard InChI is InChI=1S/C11H20N2O3/c1-7(12)3-4-9(11(15)16)5-6-10(14)8(2)13/h8-9H,1,3-6,12-13H2,2H3,(H,15,16). The van der Waals surface area contributed by atoms with E-state index < -0.39 is 17.9 Å². The quantitative estimate of drug-likeness (QED) is 0.565. The van der Waals surface area contributed by atoms with E-state index in [0.29, 0.717) is 25.0 Å². The van der Waals surface area contributed by atoms with Gasteiger partial charge in [0.25, 0.3) is 0 Å². The van der Waals surface area contributed by atoms with Gasteiger partial charge in [-0.25, -0.2) is 0 Å². The van der Waals surface area contributed by atoms with E-state index in [2.05, 4.69) is 6.58 Å². The van der Waals surface area contributed by atoms with Crippen LogP contribution in [0.4, 0.5) is 0 Å². The van der Waals surface area contributed by atoms with Crippen molar-refractivity contribution in [3.63, 3.8) is 0 Å². The summed E-state index contributed by atoms with van der Waals surface area (Å²) >= 11 is 0. The zero-order chi connectivity index (χ0) is 12.7. The Kier molecular flexibility index (Phi) is 6.41. The maximum atomic E-state index is 11.2. The molecule has 0 aliphatic carbocycles. The molecule has 0 aromatic heterocycles. The summed E-state index contributed by atoms with van der Waals surface area (Å²) < 4.78 is 0. The lowest BCUT2D eigenvalue weighted by Crippen LogP contribution is -2.27. The van der Waals surface area contributed by atoms with Crippen molar-refractivity contribution in [2.75, 3.05) is 0 Å². The highest BCUT2D eigenvalue weighted by atomic mass is 16.4. The number of rotatable bonds is 8. The molecule has 5 heteroatoms. The number of Topliss-reactive ketones (excluding diaryl/α,β-unsaturated/α-hetero) is 1. The molecule has 0 aliphatic heterocycles. The molecule has 0 amide bonds. The van der Waals surface area contributed by atoms with E-state index in [4.69, 9.17) is 16.6 Å². The van der Waals surface area contributed by atoms with Crippen molar-refractivity contribution in [3.8, 4) is 0 Å². The van der Waals surface area contributed by atoms with Gasteiger partial charge in [0.1, 0.15) is 5.78 Å². The Labute approximate surface area is 95.5 Å². The highest BCUT2D eigenvalue weighted by Crippen LogP contribution is 2.16. The van der Waals surface area contributed by atoms with Crippen LogP contribution in [0.5, 0.6) is 0 Å². The fourth-order valence-corrected chi connectivity index (χ4v) is 1.30. The van der Waals surface area contributed by atoms with Crippen LogP contribution in [-0.4, -0.2) is 22.9 Å². The molecule has 16 heavy (non-hydrogen) atoms. The Bertz CT molecular complexity index is 274. The molecule has 0 aromatic rings. The van der Waals surface area contributed by atoms with E-state index >= 15 is 0 Å². The largest absolute Gasteiger partial charge is 0.481 e. The van der Waals surface area contributed by atoms with E-state index in [1.807, 2.05) is 0 Å². The van der Waals surface area contributed by atoms with Gasteiger partial charge >= 0.3 is 5.97 Å². The maximum Gasteiger partial charge on any atom is 0.306 e. The Morgan fingerprint density at radius 1 is 1.31 bits per heavy atom. The first-order valence-electron chi connectivity index (χ1n) is 5.29. The van der Waals surface area contributed by atoms with Gasteiger partial charge < -0.3 is 16.6 Å². The normalized spacial score (nSPS) is 14.1. The summed E-state index contributed by atoms with van der Waals surface area (Å²) in [5.74, 6) is -1.57. The Morgan fingerprint density at radius 3 is 2.19 bits per heavy atom. The van der Waals surface area contributed by atoms with Crippen molar-refractivity contribution in [3.05, 3.63) is 12.3 Å². The average Bonchev–Trinajstić information content (AvgIpc) is 2.15. The molecule has 0 aromatic carbocycles. The third kappa shape index (κ3) is 6.19. The summed E-state index contributed by atoms with van der Waals surface area (Å²) in [7, 11) is 0. The molecule has 0 saturated heterocycles. The molecular formula is C11H20N2O3. The van der Waals surface area contributed by atoms with Gasteiger partial charge in [-0.05, 0) is 26.2 Å². The van der Waals surface area contributed by atoms with Gasteiger partial charge in [-0.1, -0.05) is 6.58 Å². The summed E-state index contributed by atoms with van der Waals surface area (Å²) in [6.07, 6.45) is 1.38. The predicted molar refractivity (Wildman–Crippen MR) is 61.6 cm³/mol. The van der Waals surface area contributed by atoms with E-state index in [1.54, 1.807) is 6.92 Å². The highest BCUT2D eigenvalue weighted by Gasteiger charge is 2.19. The minimum Gasteiger partial charge on any atom is -0.481 e. The van der Waals surface area contributed by atoms with Crippen molar-refractivity contribution in [2.45, 2.75) is 38.6 Å². The highest BCUT2D eigenvalue weighted by molar-refractivity contribution is 5.83. The monoisotopic (exact) mass is 228 g/mol. The molecule has 5 nitrogen and oxygen atoms in total. The first-order valence-corrected chi connectivity index (χ1v) is 5.29. The molecule has 2 unspecified atom stereocenters. The molecule has 5 N–H and O–H groups in total. The second-order valence-electron chi connectivity index (χ2n) is 4.03. The molecule has 0 saturated carbocycles. The summed E-state index contributed by atoms with van der Waals surface area (Å²) in [6, 6.07) is -0.529. The predicted octanol–water partition coefficient (Wildman–Crippen LogP) is 0.636. The van der Waals surface area contributed by atoms with E-state index in [-0.39, 0.29) is 12.2 Å². The van der Waals surface area contributed by atoms with Crippen LogP contribution in [0.15, 0.2) is 12.3 Å². The Morgan fingerprint density at radius 2 is 1.81 bits per heavy atom. The van der Waals surface area contributed by atoms with Crippen LogP contribution < -0.4 is 11.5 Å². The number of carbonyl (C=O) groups is 2. The molecule has 0 rings (SSSR count).